The van der Waals surface area contributed by atoms with Gasteiger partial charge < -0.3 is 14.8 Å². The van der Waals surface area contributed by atoms with E-state index in [0.29, 0.717) is 11.5 Å². The standard InChI is InChI=1S/C17H17ClN4O5/c18-17-19-10(11-5-6-13(27-11)22(25)26)7-12(21-17)20-15-9-3-1-8(2-4-9)14(15)16(23)24/h5-9,14-15H,1-4H2,(H,23,24)(H,19,20,21). The largest absolute Gasteiger partial charge is 0.481 e. The number of fused-ring (bicyclic) bond motifs is 3. The number of aromatic nitrogens is 2. The van der Waals surface area contributed by atoms with Crippen LogP contribution in [0.3, 0.4) is 0 Å². The molecule has 2 bridgehead atoms. The second-order valence-electron chi connectivity index (χ2n) is 7.01. The van der Waals surface area contributed by atoms with Gasteiger partial charge in [0, 0.05) is 12.1 Å². The Labute approximate surface area is 158 Å². The van der Waals surface area contributed by atoms with Crippen LogP contribution in [0.2, 0.25) is 5.28 Å². The summed E-state index contributed by atoms with van der Waals surface area (Å²) in [6.45, 7) is 0. The van der Waals surface area contributed by atoms with Crippen LogP contribution in [-0.2, 0) is 4.79 Å². The van der Waals surface area contributed by atoms with Crippen molar-refractivity contribution in [2.45, 2.75) is 31.7 Å². The maximum absolute atomic E-state index is 11.8. The zero-order chi connectivity index (χ0) is 19.1. The molecule has 0 aromatic carbocycles. The average Bonchev–Trinajstić information content (AvgIpc) is 3.12. The summed E-state index contributed by atoms with van der Waals surface area (Å²) < 4.78 is 5.17. The van der Waals surface area contributed by atoms with Gasteiger partial charge in [0.25, 0.3) is 0 Å². The number of rotatable bonds is 5. The maximum atomic E-state index is 11.8. The second kappa shape index (κ2) is 6.80. The number of nitro groups is 1. The molecule has 0 radical (unpaired) electrons. The molecule has 2 aromatic rings. The third-order valence-corrected chi connectivity index (χ3v) is 5.71. The van der Waals surface area contributed by atoms with Gasteiger partial charge in [0.15, 0.2) is 5.76 Å². The van der Waals surface area contributed by atoms with Crippen molar-refractivity contribution in [3.63, 3.8) is 0 Å². The lowest BCUT2D eigenvalue weighted by Gasteiger charge is -2.47. The third kappa shape index (κ3) is 3.34. The molecule has 10 heteroatoms. The minimum atomic E-state index is -0.802. The normalized spacial score (nSPS) is 26.7. The Morgan fingerprint density at radius 1 is 1.26 bits per heavy atom. The number of carboxylic acid groups (broad SMARTS) is 1. The number of halogens is 1. The predicted molar refractivity (Wildman–Crippen MR) is 95.4 cm³/mol. The van der Waals surface area contributed by atoms with Crippen molar-refractivity contribution in [3.05, 3.63) is 33.6 Å². The fourth-order valence-corrected chi connectivity index (χ4v) is 4.55. The van der Waals surface area contributed by atoms with Crippen LogP contribution in [-0.4, -0.2) is 32.0 Å². The summed E-state index contributed by atoms with van der Waals surface area (Å²) in [5.74, 6) is -0.678. The van der Waals surface area contributed by atoms with E-state index < -0.39 is 22.7 Å². The van der Waals surface area contributed by atoms with Crippen LogP contribution in [0.5, 0.6) is 0 Å². The maximum Gasteiger partial charge on any atom is 0.433 e. The van der Waals surface area contributed by atoms with E-state index in [1.165, 1.54) is 12.1 Å². The summed E-state index contributed by atoms with van der Waals surface area (Å²) in [5.41, 5.74) is 0.290. The Morgan fingerprint density at radius 3 is 2.59 bits per heavy atom. The Hall–Kier alpha value is -2.68. The topological polar surface area (TPSA) is 131 Å². The molecule has 27 heavy (non-hydrogen) atoms. The van der Waals surface area contributed by atoms with Gasteiger partial charge in [0.1, 0.15) is 16.4 Å². The van der Waals surface area contributed by atoms with E-state index in [1.807, 2.05) is 0 Å². The predicted octanol–water partition coefficient (Wildman–Crippen LogP) is 3.60. The van der Waals surface area contributed by atoms with Gasteiger partial charge in [-0.3, -0.25) is 14.9 Å². The van der Waals surface area contributed by atoms with Gasteiger partial charge in [-0.1, -0.05) is 0 Å². The summed E-state index contributed by atoms with van der Waals surface area (Å²) in [5, 5.41) is 23.7. The second-order valence-corrected chi connectivity index (χ2v) is 7.35. The van der Waals surface area contributed by atoms with Crippen LogP contribution in [0.1, 0.15) is 25.7 Å². The minimum Gasteiger partial charge on any atom is -0.481 e. The number of carboxylic acids is 1. The molecular formula is C17H17ClN4O5. The molecule has 5 rings (SSSR count). The van der Waals surface area contributed by atoms with Crippen LogP contribution >= 0.6 is 11.6 Å². The summed E-state index contributed by atoms with van der Waals surface area (Å²) in [6, 6.07) is 4.00. The highest BCUT2D eigenvalue weighted by Crippen LogP contribution is 2.46. The Kier molecular flexibility index (Phi) is 4.47. The van der Waals surface area contributed by atoms with Crippen molar-refractivity contribution in [3.8, 4) is 11.5 Å². The summed E-state index contributed by atoms with van der Waals surface area (Å²) >= 11 is 6.01. The molecule has 2 heterocycles. The van der Waals surface area contributed by atoms with E-state index in [1.54, 1.807) is 6.07 Å². The van der Waals surface area contributed by atoms with Crippen LogP contribution in [0.15, 0.2) is 22.6 Å². The number of nitrogens with one attached hydrogen (secondary N) is 1. The minimum absolute atomic E-state index is 0.0538. The first-order chi connectivity index (χ1) is 12.9. The van der Waals surface area contributed by atoms with Gasteiger partial charge in [-0.2, -0.15) is 0 Å². The first-order valence-corrected chi connectivity index (χ1v) is 9.08. The number of carbonyl (C=O) groups is 1. The Morgan fingerprint density at radius 2 is 1.96 bits per heavy atom. The first-order valence-electron chi connectivity index (χ1n) is 8.71. The van der Waals surface area contributed by atoms with Crippen molar-refractivity contribution in [1.82, 2.24) is 9.97 Å². The molecule has 2 atom stereocenters. The van der Waals surface area contributed by atoms with Gasteiger partial charge >= 0.3 is 11.9 Å². The molecule has 2 aromatic heterocycles. The van der Waals surface area contributed by atoms with E-state index in [-0.39, 0.29) is 28.9 Å². The highest BCUT2D eigenvalue weighted by atomic mass is 35.5. The van der Waals surface area contributed by atoms with Crippen LogP contribution in [0, 0.1) is 27.9 Å². The summed E-state index contributed by atoms with van der Waals surface area (Å²) in [7, 11) is 0. The van der Waals surface area contributed by atoms with Gasteiger partial charge in [-0.05, 0) is 55.2 Å². The molecule has 142 valence electrons. The molecule has 2 unspecified atom stereocenters. The average molecular weight is 393 g/mol. The van der Waals surface area contributed by atoms with Gasteiger partial charge in [0.05, 0.1) is 12.0 Å². The van der Waals surface area contributed by atoms with E-state index in [9.17, 15) is 20.0 Å². The molecule has 0 aliphatic heterocycles. The van der Waals surface area contributed by atoms with Crippen LogP contribution < -0.4 is 5.32 Å². The van der Waals surface area contributed by atoms with Gasteiger partial charge in [-0.15, -0.1) is 0 Å². The van der Waals surface area contributed by atoms with E-state index >= 15 is 0 Å². The fraction of sp³-hybridized carbons (Fsp3) is 0.471. The third-order valence-electron chi connectivity index (χ3n) is 5.54. The lowest BCUT2D eigenvalue weighted by atomic mass is 9.61. The molecular weight excluding hydrogens is 376 g/mol. The molecule has 3 aliphatic carbocycles. The Balaban J connectivity index is 1.63. The van der Waals surface area contributed by atoms with Gasteiger partial charge in [-0.25, -0.2) is 9.97 Å². The quantitative estimate of drug-likeness (QED) is 0.448. The SMILES string of the molecule is O=C(O)C1C2CCC(CC2)C1Nc1cc(-c2ccc([N+](=O)[O-])o2)nc(Cl)n1. The highest BCUT2D eigenvalue weighted by Gasteiger charge is 2.47. The summed E-state index contributed by atoms with van der Waals surface area (Å²) in [4.78, 5) is 30.2. The number of aliphatic carboxylic acids is 1. The molecule has 3 fully saturated rings. The number of hydrogen-bond acceptors (Lipinski definition) is 7. The van der Waals surface area contributed by atoms with Crippen molar-refractivity contribution in [1.29, 1.82) is 0 Å². The molecule has 3 saturated carbocycles. The lowest BCUT2D eigenvalue weighted by Crippen LogP contribution is -2.51. The monoisotopic (exact) mass is 392 g/mol. The van der Waals surface area contributed by atoms with Crippen LogP contribution in [0.4, 0.5) is 11.7 Å². The number of hydrogen-bond donors (Lipinski definition) is 2. The molecule has 0 saturated heterocycles. The molecule has 9 nitrogen and oxygen atoms in total. The summed E-state index contributed by atoms with van der Waals surface area (Å²) in [6.07, 6.45) is 3.85. The van der Waals surface area contributed by atoms with Gasteiger partial charge in [0.2, 0.25) is 5.28 Å². The first kappa shape index (κ1) is 17.7. The number of furan rings is 1. The van der Waals surface area contributed by atoms with E-state index in [2.05, 4.69) is 15.3 Å². The van der Waals surface area contributed by atoms with E-state index in [4.69, 9.17) is 16.0 Å². The van der Waals surface area contributed by atoms with Crippen molar-refractivity contribution < 1.29 is 19.2 Å². The van der Waals surface area contributed by atoms with E-state index in [0.717, 1.165) is 25.7 Å². The van der Waals surface area contributed by atoms with Crippen molar-refractivity contribution in [2.75, 3.05) is 5.32 Å². The zero-order valence-corrected chi connectivity index (χ0v) is 14.9. The number of nitrogens with zero attached hydrogens (tertiary/aromatic N) is 3. The van der Waals surface area contributed by atoms with Crippen molar-refractivity contribution in [2.24, 2.45) is 17.8 Å². The molecule has 0 amide bonds. The zero-order valence-electron chi connectivity index (χ0n) is 14.2. The smallest absolute Gasteiger partial charge is 0.433 e. The molecule has 0 spiro atoms. The fourth-order valence-electron chi connectivity index (χ4n) is 4.36. The van der Waals surface area contributed by atoms with Crippen molar-refractivity contribution >= 4 is 29.3 Å². The van der Waals surface area contributed by atoms with Crippen LogP contribution in [0.25, 0.3) is 11.5 Å². The highest BCUT2D eigenvalue weighted by molar-refractivity contribution is 6.28. The number of anilines is 1. The molecule has 3 aliphatic rings. The lowest BCUT2D eigenvalue weighted by molar-refractivity contribution is -0.401. The molecule has 2 N–H and O–H groups in total. The Bertz CT molecular complexity index is 893.